The van der Waals surface area contributed by atoms with Crippen molar-refractivity contribution in [2.45, 2.75) is 37.3 Å². The van der Waals surface area contributed by atoms with Gasteiger partial charge in [0.25, 0.3) is 5.91 Å². The second-order valence-corrected chi connectivity index (χ2v) is 7.95. The normalized spacial score (nSPS) is 23.2. The third-order valence-corrected chi connectivity index (χ3v) is 6.62. The number of likely N-dealkylation sites (N-methyl/N-ethyl adjacent to an activating group) is 1. The van der Waals surface area contributed by atoms with Crippen LogP contribution >= 0.6 is 0 Å². The van der Waals surface area contributed by atoms with Crippen molar-refractivity contribution in [1.82, 2.24) is 9.80 Å². The van der Waals surface area contributed by atoms with Gasteiger partial charge in [0, 0.05) is 24.6 Å². The molecule has 1 fully saturated rings. The van der Waals surface area contributed by atoms with E-state index in [-0.39, 0.29) is 17.4 Å². The van der Waals surface area contributed by atoms with Gasteiger partial charge in [0.2, 0.25) is 0 Å². The molecule has 1 amide bonds. The molecule has 148 valence electrons. The maximum atomic E-state index is 12.8. The van der Waals surface area contributed by atoms with Crippen LogP contribution in [-0.4, -0.2) is 53.6 Å². The van der Waals surface area contributed by atoms with Crippen molar-refractivity contribution in [3.8, 4) is 0 Å². The minimum atomic E-state index is -0.493. The highest BCUT2D eigenvalue weighted by Crippen LogP contribution is 2.52. The number of aliphatic hydroxyl groups is 1. The molecule has 0 unspecified atom stereocenters. The van der Waals surface area contributed by atoms with E-state index in [1.54, 1.807) is 17.0 Å². The van der Waals surface area contributed by atoms with Crippen LogP contribution in [0.15, 0.2) is 48.8 Å². The average Bonchev–Trinajstić information content (AvgIpc) is 2.96. The molecule has 4 rings (SSSR count). The molecule has 6 nitrogen and oxygen atoms in total. The van der Waals surface area contributed by atoms with Crippen molar-refractivity contribution in [2.75, 3.05) is 26.7 Å². The maximum Gasteiger partial charge on any atom is 0.259 e. The van der Waals surface area contributed by atoms with Gasteiger partial charge in [-0.15, -0.1) is 0 Å². The largest absolute Gasteiger partial charge is 0.619 e. The molecule has 0 radical (unpaired) electrons. The Bertz CT molecular complexity index is 877. The SMILES string of the molecule is CCN(C)[C@@H]1c2ccccc2C2(CCN(C(=O)c3ccc[n+]([O-])c3)CC2)[C@H]1O. The van der Waals surface area contributed by atoms with Gasteiger partial charge >= 0.3 is 0 Å². The van der Waals surface area contributed by atoms with Crippen molar-refractivity contribution >= 4 is 5.91 Å². The fourth-order valence-corrected chi connectivity index (χ4v) is 4.95. The van der Waals surface area contributed by atoms with E-state index in [0.29, 0.717) is 23.4 Å². The van der Waals surface area contributed by atoms with Gasteiger partial charge in [0.05, 0.1) is 12.1 Å². The highest BCUT2D eigenvalue weighted by atomic mass is 16.5. The lowest BCUT2D eigenvalue weighted by molar-refractivity contribution is -0.605. The van der Waals surface area contributed by atoms with E-state index in [4.69, 9.17) is 0 Å². The van der Waals surface area contributed by atoms with Crippen molar-refractivity contribution in [3.63, 3.8) is 0 Å². The Kier molecular flexibility index (Phi) is 4.85. The van der Waals surface area contributed by atoms with Crippen molar-refractivity contribution < 1.29 is 14.6 Å². The molecular formula is C22H27N3O3. The number of aromatic nitrogens is 1. The van der Waals surface area contributed by atoms with Crippen molar-refractivity contribution in [1.29, 1.82) is 0 Å². The maximum absolute atomic E-state index is 12.8. The molecule has 1 spiro atoms. The number of amides is 1. The predicted octanol–water partition coefficient (Wildman–Crippen LogP) is 1.86. The molecule has 2 atom stereocenters. The summed E-state index contributed by atoms with van der Waals surface area (Å²) in [6.07, 6.45) is 3.63. The number of hydrogen-bond acceptors (Lipinski definition) is 4. The summed E-state index contributed by atoms with van der Waals surface area (Å²) >= 11 is 0. The first-order valence-corrected chi connectivity index (χ1v) is 9.94. The Morgan fingerprint density at radius 1 is 1.29 bits per heavy atom. The lowest BCUT2D eigenvalue weighted by Crippen LogP contribution is -2.51. The summed E-state index contributed by atoms with van der Waals surface area (Å²) in [5, 5.41) is 22.9. The van der Waals surface area contributed by atoms with Crippen LogP contribution in [0.2, 0.25) is 0 Å². The molecule has 1 aliphatic heterocycles. The van der Waals surface area contributed by atoms with E-state index < -0.39 is 6.10 Å². The van der Waals surface area contributed by atoms with Crippen LogP contribution in [0.25, 0.3) is 0 Å². The molecule has 6 heteroatoms. The van der Waals surface area contributed by atoms with E-state index in [1.807, 2.05) is 12.1 Å². The second-order valence-electron chi connectivity index (χ2n) is 7.95. The number of piperidine rings is 1. The molecule has 2 aliphatic rings. The van der Waals surface area contributed by atoms with E-state index in [9.17, 15) is 15.1 Å². The van der Waals surface area contributed by atoms with Gasteiger partial charge in [0.15, 0.2) is 12.4 Å². The van der Waals surface area contributed by atoms with Gasteiger partial charge in [0.1, 0.15) is 5.56 Å². The zero-order chi connectivity index (χ0) is 19.9. The summed E-state index contributed by atoms with van der Waals surface area (Å²) in [5.74, 6) is -0.122. The van der Waals surface area contributed by atoms with Gasteiger partial charge in [-0.05, 0) is 43.6 Å². The number of carbonyl (C=O) groups excluding carboxylic acids is 1. The summed E-state index contributed by atoms with van der Waals surface area (Å²) in [6.45, 7) is 4.10. The van der Waals surface area contributed by atoms with Crippen LogP contribution in [0.4, 0.5) is 0 Å². The number of nitrogens with zero attached hydrogens (tertiary/aromatic N) is 3. The summed E-state index contributed by atoms with van der Waals surface area (Å²) in [7, 11) is 2.05. The number of likely N-dealkylation sites (tertiary alicyclic amines) is 1. The molecule has 0 bridgehead atoms. The molecule has 1 saturated heterocycles. The minimum absolute atomic E-state index is 0.0167. The third kappa shape index (κ3) is 2.88. The summed E-state index contributed by atoms with van der Waals surface area (Å²) in [4.78, 5) is 16.8. The van der Waals surface area contributed by atoms with E-state index in [2.05, 4.69) is 31.0 Å². The second kappa shape index (κ2) is 7.18. The Hall–Kier alpha value is -2.44. The molecule has 0 saturated carbocycles. The number of fused-ring (bicyclic) bond motifs is 2. The average molecular weight is 381 g/mol. The first-order chi connectivity index (χ1) is 13.5. The Morgan fingerprint density at radius 2 is 2.00 bits per heavy atom. The highest BCUT2D eigenvalue weighted by Gasteiger charge is 2.53. The minimum Gasteiger partial charge on any atom is -0.619 e. The number of rotatable bonds is 3. The van der Waals surface area contributed by atoms with Gasteiger partial charge in [-0.1, -0.05) is 31.2 Å². The van der Waals surface area contributed by atoms with E-state index >= 15 is 0 Å². The smallest absolute Gasteiger partial charge is 0.259 e. The Morgan fingerprint density at radius 3 is 2.68 bits per heavy atom. The molecule has 1 aromatic carbocycles. The third-order valence-electron chi connectivity index (χ3n) is 6.62. The van der Waals surface area contributed by atoms with Crippen LogP contribution < -0.4 is 4.73 Å². The number of aliphatic hydroxyl groups excluding tert-OH is 1. The highest BCUT2D eigenvalue weighted by molar-refractivity contribution is 5.93. The first-order valence-electron chi connectivity index (χ1n) is 9.94. The van der Waals surface area contributed by atoms with Crippen LogP contribution in [-0.2, 0) is 5.41 Å². The summed E-state index contributed by atoms with van der Waals surface area (Å²) in [5.41, 5.74) is 2.51. The quantitative estimate of drug-likeness (QED) is 0.651. The van der Waals surface area contributed by atoms with E-state index in [1.165, 1.54) is 23.5 Å². The number of pyridine rings is 1. The zero-order valence-electron chi connectivity index (χ0n) is 16.4. The summed E-state index contributed by atoms with van der Waals surface area (Å²) in [6, 6.07) is 11.6. The molecule has 2 heterocycles. The first kappa shape index (κ1) is 18.9. The zero-order valence-corrected chi connectivity index (χ0v) is 16.4. The van der Waals surface area contributed by atoms with Gasteiger partial charge in [-0.3, -0.25) is 9.69 Å². The van der Waals surface area contributed by atoms with Gasteiger partial charge in [-0.2, -0.15) is 4.73 Å². The van der Waals surface area contributed by atoms with Gasteiger partial charge in [-0.25, -0.2) is 0 Å². The molecule has 1 aromatic heterocycles. The van der Waals surface area contributed by atoms with Crippen molar-refractivity contribution in [2.24, 2.45) is 0 Å². The molecule has 28 heavy (non-hydrogen) atoms. The van der Waals surface area contributed by atoms with Crippen LogP contribution in [0.1, 0.15) is 47.3 Å². The lowest BCUT2D eigenvalue weighted by atomic mass is 9.72. The fraction of sp³-hybridized carbons (Fsp3) is 0.455. The van der Waals surface area contributed by atoms with Crippen LogP contribution in [0, 0.1) is 5.21 Å². The van der Waals surface area contributed by atoms with Gasteiger partial charge < -0.3 is 15.2 Å². The van der Waals surface area contributed by atoms with Crippen LogP contribution in [0.3, 0.4) is 0 Å². The lowest BCUT2D eigenvalue weighted by Gasteiger charge is -2.43. The Balaban J connectivity index is 1.59. The number of benzene rings is 1. The monoisotopic (exact) mass is 381 g/mol. The fourth-order valence-electron chi connectivity index (χ4n) is 4.95. The standard InChI is InChI=1S/C22H27N3O3/c1-3-23(2)19-17-8-4-5-9-18(17)22(20(19)26)10-13-24(14-11-22)21(27)16-7-6-12-25(28)15-16/h4-9,12,15,19-20,26H,3,10-11,13-14H2,1-2H3/t19-,20+/m1/s1. The predicted molar refractivity (Wildman–Crippen MR) is 106 cm³/mol. The Labute approximate surface area is 165 Å². The van der Waals surface area contributed by atoms with E-state index in [0.717, 1.165) is 19.4 Å². The molecule has 2 aromatic rings. The molecule has 1 aliphatic carbocycles. The van der Waals surface area contributed by atoms with Crippen molar-refractivity contribution in [3.05, 3.63) is 70.7 Å². The number of hydrogen-bond donors (Lipinski definition) is 1. The van der Waals surface area contributed by atoms with Crippen LogP contribution in [0.5, 0.6) is 0 Å². The molecular weight excluding hydrogens is 354 g/mol. The molecule has 1 N–H and O–H groups in total. The summed E-state index contributed by atoms with van der Waals surface area (Å²) < 4.78 is 0.654. The topological polar surface area (TPSA) is 70.7 Å². The number of carbonyl (C=O) groups is 1.